The molecule has 1 fully saturated rings. The van der Waals surface area contributed by atoms with E-state index in [1.807, 2.05) is 6.07 Å². The first-order valence-corrected chi connectivity index (χ1v) is 10.3. The standard InChI is InChI=1S/C18H20Cl2N2O2S/c1-13-5-3-8-17(14(13)2)21-9-11-22(12-10-21)25(23,24)18-15(19)6-4-7-16(18)20/h3-8H,9-12H2,1-2H3. The van der Waals surface area contributed by atoms with Crippen molar-refractivity contribution < 1.29 is 8.42 Å². The Morgan fingerprint density at radius 1 is 0.880 bits per heavy atom. The van der Waals surface area contributed by atoms with Crippen LogP contribution in [0.1, 0.15) is 11.1 Å². The molecule has 1 aliphatic rings. The SMILES string of the molecule is Cc1cccc(N2CCN(S(=O)(=O)c3c(Cl)cccc3Cl)CC2)c1C. The highest BCUT2D eigenvalue weighted by atomic mass is 35.5. The Labute approximate surface area is 159 Å². The molecule has 7 heteroatoms. The van der Waals surface area contributed by atoms with Crippen LogP contribution < -0.4 is 4.90 Å². The van der Waals surface area contributed by atoms with Gasteiger partial charge in [0.05, 0.1) is 10.0 Å². The monoisotopic (exact) mass is 398 g/mol. The van der Waals surface area contributed by atoms with Crippen molar-refractivity contribution in [2.75, 3.05) is 31.1 Å². The number of sulfonamides is 1. The van der Waals surface area contributed by atoms with Gasteiger partial charge in [-0.05, 0) is 43.2 Å². The molecule has 1 saturated heterocycles. The summed E-state index contributed by atoms with van der Waals surface area (Å²) in [6.07, 6.45) is 0. The molecule has 0 spiro atoms. The van der Waals surface area contributed by atoms with Gasteiger partial charge in [0.15, 0.2) is 0 Å². The first-order chi connectivity index (χ1) is 11.8. The molecule has 1 heterocycles. The summed E-state index contributed by atoms with van der Waals surface area (Å²) in [5.41, 5.74) is 3.62. The van der Waals surface area contributed by atoms with Gasteiger partial charge in [-0.2, -0.15) is 4.31 Å². The summed E-state index contributed by atoms with van der Waals surface area (Å²) in [5, 5.41) is 0.314. The van der Waals surface area contributed by atoms with Crippen molar-refractivity contribution in [1.29, 1.82) is 0 Å². The van der Waals surface area contributed by atoms with Crippen LogP contribution in [0.4, 0.5) is 5.69 Å². The van der Waals surface area contributed by atoms with E-state index in [9.17, 15) is 8.42 Å². The topological polar surface area (TPSA) is 40.6 Å². The first-order valence-electron chi connectivity index (χ1n) is 8.07. The Bertz CT molecular complexity index is 872. The van der Waals surface area contributed by atoms with E-state index in [4.69, 9.17) is 23.2 Å². The van der Waals surface area contributed by atoms with Crippen molar-refractivity contribution in [1.82, 2.24) is 4.31 Å². The fraction of sp³-hybridized carbons (Fsp3) is 0.333. The number of halogens is 2. The second-order valence-corrected chi connectivity index (χ2v) is 8.85. The highest BCUT2D eigenvalue weighted by Crippen LogP contribution is 2.32. The van der Waals surface area contributed by atoms with Gasteiger partial charge in [0.25, 0.3) is 0 Å². The lowest BCUT2D eigenvalue weighted by Crippen LogP contribution is -2.49. The fourth-order valence-corrected chi connectivity index (χ4v) is 5.62. The van der Waals surface area contributed by atoms with Gasteiger partial charge in [0.2, 0.25) is 10.0 Å². The van der Waals surface area contributed by atoms with E-state index in [0.29, 0.717) is 26.2 Å². The largest absolute Gasteiger partial charge is 0.369 e. The number of hydrogen-bond acceptors (Lipinski definition) is 3. The van der Waals surface area contributed by atoms with Gasteiger partial charge < -0.3 is 4.90 Å². The minimum absolute atomic E-state index is 0.00137. The molecular weight excluding hydrogens is 379 g/mol. The van der Waals surface area contributed by atoms with Gasteiger partial charge >= 0.3 is 0 Å². The van der Waals surface area contributed by atoms with E-state index in [2.05, 4.69) is 30.9 Å². The molecular formula is C18H20Cl2N2O2S. The number of nitrogens with zero attached hydrogens (tertiary/aromatic N) is 2. The summed E-state index contributed by atoms with van der Waals surface area (Å²) >= 11 is 12.2. The normalized spacial score (nSPS) is 16.2. The zero-order chi connectivity index (χ0) is 18.2. The number of aryl methyl sites for hydroxylation is 1. The molecule has 0 radical (unpaired) electrons. The van der Waals surface area contributed by atoms with Gasteiger partial charge in [0, 0.05) is 31.9 Å². The van der Waals surface area contributed by atoms with Crippen LogP contribution >= 0.6 is 23.2 Å². The summed E-state index contributed by atoms with van der Waals surface area (Å²) in [7, 11) is -3.70. The van der Waals surface area contributed by atoms with Gasteiger partial charge in [-0.15, -0.1) is 0 Å². The summed E-state index contributed by atoms with van der Waals surface area (Å²) in [6.45, 7) is 6.24. The van der Waals surface area contributed by atoms with E-state index in [-0.39, 0.29) is 14.9 Å². The molecule has 0 amide bonds. The average Bonchev–Trinajstić information content (AvgIpc) is 2.57. The molecule has 0 saturated carbocycles. The Hall–Kier alpha value is -1.27. The zero-order valence-electron chi connectivity index (χ0n) is 14.2. The van der Waals surface area contributed by atoms with Crippen molar-refractivity contribution in [3.05, 3.63) is 57.6 Å². The van der Waals surface area contributed by atoms with Gasteiger partial charge in [-0.3, -0.25) is 0 Å². The quantitative estimate of drug-likeness (QED) is 0.780. The molecule has 134 valence electrons. The van der Waals surface area contributed by atoms with Gasteiger partial charge in [-0.1, -0.05) is 41.4 Å². The summed E-state index contributed by atoms with van der Waals surface area (Å²) in [6, 6.07) is 10.9. The van der Waals surface area contributed by atoms with E-state index in [1.165, 1.54) is 15.4 Å². The second kappa shape index (κ2) is 7.16. The molecule has 1 aliphatic heterocycles. The molecule has 25 heavy (non-hydrogen) atoms. The molecule has 2 aromatic carbocycles. The highest BCUT2D eigenvalue weighted by Gasteiger charge is 2.32. The first kappa shape index (κ1) is 18.5. The van der Waals surface area contributed by atoms with Crippen LogP contribution in [0.25, 0.3) is 0 Å². The molecule has 4 nitrogen and oxygen atoms in total. The second-order valence-electron chi connectivity index (χ2n) is 6.16. The molecule has 3 rings (SSSR count). The smallest absolute Gasteiger partial charge is 0.246 e. The van der Waals surface area contributed by atoms with Crippen LogP contribution in [0.2, 0.25) is 10.0 Å². The zero-order valence-corrected chi connectivity index (χ0v) is 16.5. The lowest BCUT2D eigenvalue weighted by molar-refractivity contribution is 0.385. The molecule has 0 unspecified atom stereocenters. The number of anilines is 1. The highest BCUT2D eigenvalue weighted by molar-refractivity contribution is 7.89. The van der Waals surface area contributed by atoms with Crippen LogP contribution in [0.15, 0.2) is 41.3 Å². The number of rotatable bonds is 3. The maximum atomic E-state index is 12.9. The van der Waals surface area contributed by atoms with Crippen molar-refractivity contribution >= 4 is 38.9 Å². The van der Waals surface area contributed by atoms with Crippen LogP contribution in [-0.2, 0) is 10.0 Å². The minimum atomic E-state index is -3.70. The Morgan fingerprint density at radius 3 is 2.04 bits per heavy atom. The lowest BCUT2D eigenvalue weighted by atomic mass is 10.1. The predicted octanol–water partition coefficient (Wildman–Crippen LogP) is 4.12. The maximum absolute atomic E-state index is 12.9. The van der Waals surface area contributed by atoms with Crippen molar-refractivity contribution in [2.24, 2.45) is 0 Å². The third-order valence-electron chi connectivity index (χ3n) is 4.67. The number of benzene rings is 2. The summed E-state index contributed by atoms with van der Waals surface area (Å²) in [5.74, 6) is 0. The maximum Gasteiger partial charge on any atom is 0.246 e. The third kappa shape index (κ3) is 3.51. The van der Waals surface area contributed by atoms with Crippen molar-refractivity contribution in [3.63, 3.8) is 0 Å². The lowest BCUT2D eigenvalue weighted by Gasteiger charge is -2.36. The van der Waals surface area contributed by atoms with E-state index >= 15 is 0 Å². The molecule has 0 aromatic heterocycles. The molecule has 0 atom stereocenters. The van der Waals surface area contributed by atoms with Crippen LogP contribution in [0.5, 0.6) is 0 Å². The van der Waals surface area contributed by atoms with Gasteiger partial charge in [-0.25, -0.2) is 8.42 Å². The summed E-state index contributed by atoms with van der Waals surface area (Å²) < 4.78 is 27.3. The van der Waals surface area contributed by atoms with E-state index < -0.39 is 10.0 Å². The summed E-state index contributed by atoms with van der Waals surface area (Å²) in [4.78, 5) is 2.22. The van der Waals surface area contributed by atoms with Gasteiger partial charge in [0.1, 0.15) is 4.90 Å². The molecule has 0 aliphatic carbocycles. The van der Waals surface area contributed by atoms with E-state index in [0.717, 1.165) is 5.69 Å². The number of hydrogen-bond donors (Lipinski definition) is 0. The molecule has 2 aromatic rings. The minimum Gasteiger partial charge on any atom is -0.369 e. The van der Waals surface area contributed by atoms with Crippen LogP contribution in [-0.4, -0.2) is 38.9 Å². The molecule has 0 bridgehead atoms. The average molecular weight is 399 g/mol. The van der Waals surface area contributed by atoms with Crippen molar-refractivity contribution in [3.8, 4) is 0 Å². The Morgan fingerprint density at radius 2 is 1.44 bits per heavy atom. The van der Waals surface area contributed by atoms with Crippen LogP contribution in [0, 0.1) is 13.8 Å². The Balaban J connectivity index is 1.81. The number of piperazine rings is 1. The molecule has 0 N–H and O–H groups in total. The third-order valence-corrected chi connectivity index (χ3v) is 7.53. The Kier molecular flexibility index (Phi) is 5.30. The predicted molar refractivity (Wildman–Crippen MR) is 103 cm³/mol. The van der Waals surface area contributed by atoms with Crippen molar-refractivity contribution in [2.45, 2.75) is 18.7 Å². The fourth-order valence-electron chi connectivity index (χ4n) is 3.11. The van der Waals surface area contributed by atoms with E-state index in [1.54, 1.807) is 18.2 Å². The van der Waals surface area contributed by atoms with Crippen LogP contribution in [0.3, 0.4) is 0 Å².